The minimum absolute atomic E-state index is 0.618. The highest BCUT2D eigenvalue weighted by Crippen LogP contribution is 2.29. The van der Waals surface area contributed by atoms with Gasteiger partial charge in [0.05, 0.1) is 16.8 Å². The van der Waals surface area contributed by atoms with E-state index in [9.17, 15) is 0 Å². The van der Waals surface area contributed by atoms with Gasteiger partial charge in [-0.25, -0.2) is 4.98 Å². The molecule has 1 aliphatic rings. The van der Waals surface area contributed by atoms with Gasteiger partial charge in [0.2, 0.25) is 0 Å². The fourth-order valence-electron chi connectivity index (χ4n) is 2.40. The van der Waals surface area contributed by atoms with Gasteiger partial charge in [-0.05, 0) is 37.0 Å². The van der Waals surface area contributed by atoms with Gasteiger partial charge < -0.3 is 10.5 Å². The summed E-state index contributed by atoms with van der Waals surface area (Å²) in [7, 11) is 0. The molecule has 0 atom stereocenters. The van der Waals surface area contributed by atoms with Gasteiger partial charge in [0, 0.05) is 0 Å². The van der Waals surface area contributed by atoms with Gasteiger partial charge in [0.25, 0.3) is 0 Å². The van der Waals surface area contributed by atoms with Crippen molar-refractivity contribution in [2.24, 2.45) is 5.92 Å². The Morgan fingerprint density at radius 2 is 2.18 bits per heavy atom. The zero-order valence-electron chi connectivity index (χ0n) is 9.69. The zero-order chi connectivity index (χ0) is 11.7. The Morgan fingerprint density at radius 1 is 1.35 bits per heavy atom. The molecule has 90 valence electrons. The number of ether oxygens (including phenoxy) is 1. The Kier molecular flexibility index (Phi) is 2.89. The van der Waals surface area contributed by atoms with Crippen LogP contribution in [0, 0.1) is 5.92 Å². The number of rotatable bonds is 3. The van der Waals surface area contributed by atoms with Crippen LogP contribution < -0.4 is 10.5 Å². The number of hydrogen-bond acceptors (Lipinski definition) is 4. The molecule has 1 aromatic heterocycles. The van der Waals surface area contributed by atoms with Gasteiger partial charge in [0.15, 0.2) is 5.13 Å². The highest BCUT2D eigenvalue weighted by Gasteiger charge is 2.15. The molecule has 0 aliphatic heterocycles. The van der Waals surface area contributed by atoms with Crippen molar-refractivity contribution >= 4 is 26.7 Å². The van der Waals surface area contributed by atoms with Crippen molar-refractivity contribution in [3.63, 3.8) is 0 Å². The van der Waals surface area contributed by atoms with Gasteiger partial charge in [-0.2, -0.15) is 0 Å². The average molecular weight is 248 g/mol. The molecule has 3 rings (SSSR count). The van der Waals surface area contributed by atoms with E-state index in [-0.39, 0.29) is 0 Å². The Labute approximate surface area is 105 Å². The molecule has 4 heteroatoms. The third-order valence-electron chi connectivity index (χ3n) is 3.34. The topological polar surface area (TPSA) is 48.1 Å². The van der Waals surface area contributed by atoms with Crippen molar-refractivity contribution in [2.75, 3.05) is 12.3 Å². The molecule has 2 aromatic rings. The molecule has 0 spiro atoms. The molecular formula is C13H16N2OS. The van der Waals surface area contributed by atoms with Crippen LogP contribution in [0.15, 0.2) is 18.2 Å². The summed E-state index contributed by atoms with van der Waals surface area (Å²) in [6.45, 7) is 0.847. The SMILES string of the molecule is Nc1nc2ccc(OCC3CCCC3)cc2s1. The standard InChI is InChI=1S/C13H16N2OS/c14-13-15-11-6-5-10(7-12(11)17-13)16-8-9-3-1-2-4-9/h5-7,9H,1-4,8H2,(H2,14,15). The summed E-state index contributed by atoms with van der Waals surface area (Å²) in [5, 5.41) is 0.618. The molecule has 0 amide bonds. The number of nitrogens with two attached hydrogens (primary N) is 1. The number of anilines is 1. The first-order valence-corrected chi connectivity index (χ1v) is 6.92. The van der Waals surface area contributed by atoms with E-state index >= 15 is 0 Å². The lowest BCUT2D eigenvalue weighted by molar-refractivity contribution is 0.252. The molecule has 1 heterocycles. The summed E-state index contributed by atoms with van der Waals surface area (Å²) < 4.78 is 6.95. The van der Waals surface area contributed by atoms with Crippen LogP contribution in [0.4, 0.5) is 5.13 Å². The minimum atomic E-state index is 0.618. The van der Waals surface area contributed by atoms with E-state index in [0.29, 0.717) is 5.13 Å². The second kappa shape index (κ2) is 4.53. The summed E-state index contributed by atoms with van der Waals surface area (Å²) in [6.07, 6.45) is 5.35. The fraction of sp³-hybridized carbons (Fsp3) is 0.462. The van der Waals surface area contributed by atoms with Crippen molar-refractivity contribution in [1.29, 1.82) is 0 Å². The Morgan fingerprint density at radius 3 is 3.00 bits per heavy atom. The Bertz CT molecular complexity index is 517. The molecule has 0 unspecified atom stereocenters. The molecule has 1 aromatic carbocycles. The number of nitrogens with zero attached hydrogens (tertiary/aromatic N) is 1. The van der Waals surface area contributed by atoms with Gasteiger partial charge in [-0.15, -0.1) is 0 Å². The van der Waals surface area contributed by atoms with Gasteiger partial charge in [-0.1, -0.05) is 24.2 Å². The van der Waals surface area contributed by atoms with Crippen molar-refractivity contribution in [1.82, 2.24) is 4.98 Å². The van der Waals surface area contributed by atoms with Crippen LogP contribution in [0.5, 0.6) is 5.75 Å². The summed E-state index contributed by atoms with van der Waals surface area (Å²) in [5.74, 6) is 1.69. The van der Waals surface area contributed by atoms with Crippen LogP contribution in [-0.2, 0) is 0 Å². The van der Waals surface area contributed by atoms with Crippen LogP contribution in [0.25, 0.3) is 10.2 Å². The third kappa shape index (κ3) is 2.36. The van der Waals surface area contributed by atoms with Gasteiger partial charge >= 0.3 is 0 Å². The highest BCUT2D eigenvalue weighted by molar-refractivity contribution is 7.22. The molecule has 2 N–H and O–H groups in total. The van der Waals surface area contributed by atoms with Crippen LogP contribution in [-0.4, -0.2) is 11.6 Å². The Balaban J connectivity index is 1.71. The maximum Gasteiger partial charge on any atom is 0.181 e. The molecule has 1 saturated carbocycles. The first kappa shape index (κ1) is 10.8. The predicted molar refractivity (Wildman–Crippen MR) is 71.5 cm³/mol. The second-order valence-corrected chi connectivity index (χ2v) is 5.71. The lowest BCUT2D eigenvalue weighted by Gasteiger charge is -2.10. The number of nitrogen functional groups attached to an aromatic ring is 1. The molecule has 0 saturated heterocycles. The smallest absolute Gasteiger partial charge is 0.181 e. The maximum absolute atomic E-state index is 5.85. The number of benzene rings is 1. The van der Waals surface area contributed by atoms with Crippen molar-refractivity contribution in [3.05, 3.63) is 18.2 Å². The summed E-state index contributed by atoms with van der Waals surface area (Å²) in [5.41, 5.74) is 6.64. The number of thiazole rings is 1. The predicted octanol–water partition coefficient (Wildman–Crippen LogP) is 3.45. The molecule has 3 nitrogen and oxygen atoms in total. The molecule has 0 radical (unpaired) electrons. The van der Waals surface area contributed by atoms with Crippen LogP contribution in [0.1, 0.15) is 25.7 Å². The molecule has 0 bridgehead atoms. The average Bonchev–Trinajstić information content (AvgIpc) is 2.92. The molecule has 17 heavy (non-hydrogen) atoms. The lowest BCUT2D eigenvalue weighted by atomic mass is 10.1. The normalized spacial score (nSPS) is 16.7. The Hall–Kier alpha value is -1.29. The van der Waals surface area contributed by atoms with E-state index < -0.39 is 0 Å². The van der Waals surface area contributed by atoms with Crippen LogP contribution in [0.3, 0.4) is 0 Å². The quantitative estimate of drug-likeness (QED) is 0.905. The van der Waals surface area contributed by atoms with E-state index in [2.05, 4.69) is 4.98 Å². The number of aromatic nitrogens is 1. The minimum Gasteiger partial charge on any atom is -0.493 e. The first-order valence-electron chi connectivity index (χ1n) is 6.10. The monoisotopic (exact) mass is 248 g/mol. The number of hydrogen-bond donors (Lipinski definition) is 1. The van der Waals surface area contributed by atoms with Gasteiger partial charge in [-0.3, -0.25) is 0 Å². The zero-order valence-corrected chi connectivity index (χ0v) is 10.5. The van der Waals surface area contributed by atoms with E-state index in [1.165, 1.54) is 37.0 Å². The largest absolute Gasteiger partial charge is 0.493 e. The van der Waals surface area contributed by atoms with E-state index in [1.807, 2.05) is 18.2 Å². The van der Waals surface area contributed by atoms with Crippen LogP contribution >= 0.6 is 11.3 Å². The lowest BCUT2D eigenvalue weighted by Crippen LogP contribution is -2.07. The molecule has 1 aliphatic carbocycles. The fourth-order valence-corrected chi connectivity index (χ4v) is 3.17. The summed E-state index contributed by atoms with van der Waals surface area (Å²) in [6, 6.07) is 6.00. The van der Waals surface area contributed by atoms with Crippen molar-refractivity contribution < 1.29 is 4.74 Å². The number of fused-ring (bicyclic) bond motifs is 1. The molecule has 1 fully saturated rings. The van der Waals surface area contributed by atoms with Crippen LogP contribution in [0.2, 0.25) is 0 Å². The third-order valence-corrected chi connectivity index (χ3v) is 4.18. The van der Waals surface area contributed by atoms with Gasteiger partial charge in [0.1, 0.15) is 5.75 Å². The second-order valence-electron chi connectivity index (χ2n) is 4.64. The van der Waals surface area contributed by atoms with E-state index in [4.69, 9.17) is 10.5 Å². The maximum atomic E-state index is 5.85. The van der Waals surface area contributed by atoms with E-state index in [1.54, 1.807) is 0 Å². The molecular weight excluding hydrogens is 232 g/mol. The highest BCUT2D eigenvalue weighted by atomic mass is 32.1. The van der Waals surface area contributed by atoms with E-state index in [0.717, 1.165) is 28.5 Å². The summed E-state index contributed by atoms with van der Waals surface area (Å²) in [4.78, 5) is 4.23. The first-order chi connectivity index (χ1) is 8.31. The van der Waals surface area contributed by atoms with Crippen molar-refractivity contribution in [2.45, 2.75) is 25.7 Å². The van der Waals surface area contributed by atoms with Crippen molar-refractivity contribution in [3.8, 4) is 5.75 Å². The summed E-state index contributed by atoms with van der Waals surface area (Å²) >= 11 is 1.51.